The first-order chi connectivity index (χ1) is 9.31. The standard InChI is InChI=1S/C16H20N2O/c19-16(18(14-5-6-14)10-11-1-2-11)13-4-3-12-7-8-17-15(12)9-13/h3-4,9,11,14,17H,1-2,5-8,10H2. The largest absolute Gasteiger partial charge is 0.384 e. The number of nitrogens with one attached hydrogen (secondary N) is 1. The van der Waals surface area contributed by atoms with E-state index in [4.69, 9.17) is 0 Å². The van der Waals surface area contributed by atoms with Crippen LogP contribution in [0.15, 0.2) is 18.2 Å². The van der Waals surface area contributed by atoms with Gasteiger partial charge in [-0.3, -0.25) is 4.79 Å². The molecule has 1 N–H and O–H groups in total. The molecular formula is C16H20N2O. The third-order valence-corrected chi connectivity index (χ3v) is 4.47. The number of carbonyl (C=O) groups excluding carboxylic acids is 1. The monoisotopic (exact) mass is 256 g/mol. The molecule has 19 heavy (non-hydrogen) atoms. The molecule has 4 rings (SSSR count). The van der Waals surface area contributed by atoms with E-state index in [1.807, 2.05) is 12.1 Å². The Morgan fingerprint density at radius 3 is 2.84 bits per heavy atom. The fraction of sp³-hybridized carbons (Fsp3) is 0.562. The third-order valence-electron chi connectivity index (χ3n) is 4.47. The number of benzene rings is 1. The number of fused-ring (bicyclic) bond motifs is 1. The van der Waals surface area contributed by atoms with E-state index in [9.17, 15) is 4.79 Å². The van der Waals surface area contributed by atoms with Crippen molar-refractivity contribution >= 4 is 11.6 Å². The second kappa shape index (κ2) is 4.26. The number of rotatable bonds is 4. The Hall–Kier alpha value is -1.51. The van der Waals surface area contributed by atoms with E-state index in [2.05, 4.69) is 16.3 Å². The minimum Gasteiger partial charge on any atom is -0.384 e. The van der Waals surface area contributed by atoms with Crippen LogP contribution in [0.3, 0.4) is 0 Å². The number of hydrogen-bond donors (Lipinski definition) is 1. The molecular weight excluding hydrogens is 236 g/mol. The number of nitrogens with zero attached hydrogens (tertiary/aromatic N) is 1. The Kier molecular flexibility index (Phi) is 2.54. The zero-order chi connectivity index (χ0) is 12.8. The quantitative estimate of drug-likeness (QED) is 0.898. The number of carbonyl (C=O) groups is 1. The van der Waals surface area contributed by atoms with Crippen LogP contribution in [-0.2, 0) is 6.42 Å². The van der Waals surface area contributed by atoms with Crippen LogP contribution in [0.25, 0.3) is 0 Å². The second-order valence-electron chi connectivity index (χ2n) is 6.18. The van der Waals surface area contributed by atoms with E-state index >= 15 is 0 Å². The minimum atomic E-state index is 0.242. The Morgan fingerprint density at radius 2 is 2.11 bits per heavy atom. The molecule has 1 aromatic rings. The van der Waals surface area contributed by atoms with E-state index in [0.717, 1.165) is 36.7 Å². The zero-order valence-corrected chi connectivity index (χ0v) is 11.2. The number of hydrogen-bond acceptors (Lipinski definition) is 2. The van der Waals surface area contributed by atoms with Gasteiger partial charge in [-0.2, -0.15) is 0 Å². The van der Waals surface area contributed by atoms with Crippen molar-refractivity contribution in [3.05, 3.63) is 29.3 Å². The SMILES string of the molecule is O=C(c1ccc2c(c1)NCC2)N(CC1CC1)C1CC1. The summed E-state index contributed by atoms with van der Waals surface area (Å²) in [5.41, 5.74) is 3.37. The summed E-state index contributed by atoms with van der Waals surface area (Å²) < 4.78 is 0. The number of amides is 1. The molecule has 0 radical (unpaired) electrons. The van der Waals surface area contributed by atoms with Gasteiger partial charge in [0.2, 0.25) is 0 Å². The predicted molar refractivity (Wildman–Crippen MR) is 75.4 cm³/mol. The van der Waals surface area contributed by atoms with Gasteiger partial charge >= 0.3 is 0 Å². The highest BCUT2D eigenvalue weighted by atomic mass is 16.2. The van der Waals surface area contributed by atoms with Crippen molar-refractivity contribution in [3.8, 4) is 0 Å². The minimum absolute atomic E-state index is 0.242. The van der Waals surface area contributed by atoms with E-state index < -0.39 is 0 Å². The third kappa shape index (κ3) is 2.22. The molecule has 0 unspecified atom stereocenters. The van der Waals surface area contributed by atoms with Gasteiger partial charge < -0.3 is 10.2 Å². The van der Waals surface area contributed by atoms with Gasteiger partial charge in [0.15, 0.2) is 0 Å². The van der Waals surface area contributed by atoms with Crippen molar-refractivity contribution in [2.45, 2.75) is 38.1 Å². The fourth-order valence-corrected chi connectivity index (χ4v) is 2.95. The summed E-state index contributed by atoms with van der Waals surface area (Å²) in [5, 5.41) is 3.36. The van der Waals surface area contributed by atoms with Gasteiger partial charge in [-0.25, -0.2) is 0 Å². The van der Waals surface area contributed by atoms with Gasteiger partial charge in [-0.1, -0.05) is 6.07 Å². The highest BCUT2D eigenvalue weighted by Gasteiger charge is 2.36. The molecule has 3 heteroatoms. The maximum Gasteiger partial charge on any atom is 0.254 e. The van der Waals surface area contributed by atoms with E-state index in [1.54, 1.807) is 0 Å². The molecule has 0 aromatic heterocycles. The first-order valence-corrected chi connectivity index (χ1v) is 7.49. The molecule has 2 saturated carbocycles. The molecule has 100 valence electrons. The van der Waals surface area contributed by atoms with Crippen LogP contribution >= 0.6 is 0 Å². The van der Waals surface area contributed by atoms with Gasteiger partial charge in [0.25, 0.3) is 5.91 Å². The highest BCUT2D eigenvalue weighted by molar-refractivity contribution is 5.96. The van der Waals surface area contributed by atoms with Gasteiger partial charge in [0.1, 0.15) is 0 Å². The normalized spacial score (nSPS) is 20.8. The number of anilines is 1. The Balaban J connectivity index is 1.57. The van der Waals surface area contributed by atoms with Crippen LogP contribution < -0.4 is 5.32 Å². The van der Waals surface area contributed by atoms with Gasteiger partial charge in [-0.15, -0.1) is 0 Å². The summed E-state index contributed by atoms with van der Waals surface area (Å²) >= 11 is 0. The fourth-order valence-electron chi connectivity index (χ4n) is 2.95. The maximum atomic E-state index is 12.7. The van der Waals surface area contributed by atoms with E-state index in [-0.39, 0.29) is 5.91 Å². The molecule has 3 aliphatic rings. The average molecular weight is 256 g/mol. The van der Waals surface area contributed by atoms with E-state index in [1.165, 1.54) is 31.2 Å². The van der Waals surface area contributed by atoms with Gasteiger partial charge in [0, 0.05) is 30.4 Å². The Labute approximate surface area is 114 Å². The summed E-state index contributed by atoms with van der Waals surface area (Å²) in [5.74, 6) is 1.02. The summed E-state index contributed by atoms with van der Waals surface area (Å²) in [6.45, 7) is 1.98. The van der Waals surface area contributed by atoms with Crippen molar-refractivity contribution in [2.75, 3.05) is 18.4 Å². The molecule has 2 aliphatic carbocycles. The van der Waals surface area contributed by atoms with Gasteiger partial charge in [-0.05, 0) is 55.7 Å². The van der Waals surface area contributed by atoms with Crippen molar-refractivity contribution < 1.29 is 4.79 Å². The predicted octanol–water partition coefficient (Wildman–Crippen LogP) is 2.67. The lowest BCUT2D eigenvalue weighted by atomic mass is 10.1. The van der Waals surface area contributed by atoms with Crippen molar-refractivity contribution in [1.82, 2.24) is 4.90 Å². The van der Waals surface area contributed by atoms with Crippen molar-refractivity contribution in [1.29, 1.82) is 0 Å². The average Bonchev–Trinajstić information content (AvgIpc) is 3.33. The maximum absolute atomic E-state index is 12.7. The van der Waals surface area contributed by atoms with Crippen LogP contribution in [0.1, 0.15) is 41.6 Å². The second-order valence-corrected chi connectivity index (χ2v) is 6.18. The molecule has 1 aromatic carbocycles. The molecule has 0 saturated heterocycles. The van der Waals surface area contributed by atoms with Crippen molar-refractivity contribution in [2.24, 2.45) is 5.92 Å². The van der Waals surface area contributed by atoms with Crippen LogP contribution in [0.5, 0.6) is 0 Å². The summed E-state index contributed by atoms with van der Waals surface area (Å²) in [4.78, 5) is 14.8. The Morgan fingerprint density at radius 1 is 1.26 bits per heavy atom. The highest BCUT2D eigenvalue weighted by Crippen LogP contribution is 2.36. The van der Waals surface area contributed by atoms with Gasteiger partial charge in [0.05, 0.1) is 0 Å². The van der Waals surface area contributed by atoms with Crippen LogP contribution in [0.4, 0.5) is 5.69 Å². The van der Waals surface area contributed by atoms with Crippen molar-refractivity contribution in [3.63, 3.8) is 0 Å². The van der Waals surface area contributed by atoms with E-state index in [0.29, 0.717) is 6.04 Å². The molecule has 0 atom stereocenters. The molecule has 1 heterocycles. The summed E-state index contributed by atoms with van der Waals surface area (Å²) in [7, 11) is 0. The first kappa shape index (κ1) is 11.3. The lowest BCUT2D eigenvalue weighted by molar-refractivity contribution is 0.0735. The molecule has 2 fully saturated rings. The lowest BCUT2D eigenvalue weighted by Gasteiger charge is -2.22. The lowest BCUT2D eigenvalue weighted by Crippen LogP contribution is -2.34. The smallest absolute Gasteiger partial charge is 0.254 e. The first-order valence-electron chi connectivity index (χ1n) is 7.49. The van der Waals surface area contributed by atoms with Crippen LogP contribution in [-0.4, -0.2) is 29.9 Å². The molecule has 0 bridgehead atoms. The summed E-state index contributed by atoms with van der Waals surface area (Å²) in [6, 6.07) is 6.70. The van der Waals surface area contributed by atoms with Crippen LogP contribution in [0.2, 0.25) is 0 Å². The molecule has 3 nitrogen and oxygen atoms in total. The Bertz CT molecular complexity index is 517. The van der Waals surface area contributed by atoms with Crippen LogP contribution in [0, 0.1) is 5.92 Å². The summed E-state index contributed by atoms with van der Waals surface area (Å²) in [6.07, 6.45) is 6.09. The zero-order valence-electron chi connectivity index (χ0n) is 11.2. The topological polar surface area (TPSA) is 32.3 Å². The molecule has 0 spiro atoms. The molecule has 1 amide bonds. The molecule has 1 aliphatic heterocycles.